The van der Waals surface area contributed by atoms with E-state index in [0.717, 1.165) is 52.1 Å². The number of nitrogens with zero attached hydrogens (tertiary/aromatic N) is 3. The summed E-state index contributed by atoms with van der Waals surface area (Å²) in [5.74, 6) is 0.332. The first-order valence-electron chi connectivity index (χ1n) is 7.74. The molecule has 4 nitrogen and oxygen atoms in total. The molecular formula is C16H26BrN3O. The normalized spacial score (nSPS) is 15.6. The van der Waals surface area contributed by atoms with Crippen molar-refractivity contribution in [3.8, 4) is 0 Å². The molecule has 1 fully saturated rings. The van der Waals surface area contributed by atoms with Gasteiger partial charge in [-0.3, -0.25) is 4.79 Å². The van der Waals surface area contributed by atoms with E-state index in [9.17, 15) is 4.79 Å². The summed E-state index contributed by atoms with van der Waals surface area (Å²) in [6.45, 7) is 8.14. The minimum atomic E-state index is 0. The van der Waals surface area contributed by atoms with Crippen LogP contribution in [0.5, 0.6) is 0 Å². The summed E-state index contributed by atoms with van der Waals surface area (Å²) in [6, 6.07) is 6.10. The van der Waals surface area contributed by atoms with Crippen LogP contribution in [-0.4, -0.2) is 48.4 Å². The zero-order valence-electron chi connectivity index (χ0n) is 12.9. The highest BCUT2D eigenvalue weighted by atomic mass is 79.9. The molecule has 0 spiro atoms. The minimum Gasteiger partial charge on any atom is -1.00 e. The summed E-state index contributed by atoms with van der Waals surface area (Å²) in [7, 11) is 0. The van der Waals surface area contributed by atoms with Crippen LogP contribution >= 0.6 is 0 Å². The fourth-order valence-corrected chi connectivity index (χ4v) is 2.63. The Morgan fingerprint density at radius 2 is 1.71 bits per heavy atom. The second-order valence-electron chi connectivity index (χ2n) is 5.39. The number of carbonyl (C=O) groups excluding carboxylic acids is 1. The smallest absolute Gasteiger partial charge is 0.222 e. The van der Waals surface area contributed by atoms with Gasteiger partial charge in [0.25, 0.3) is 0 Å². The van der Waals surface area contributed by atoms with Crippen molar-refractivity contribution in [1.29, 1.82) is 0 Å². The molecule has 0 aliphatic carbocycles. The van der Waals surface area contributed by atoms with E-state index in [4.69, 9.17) is 0 Å². The number of hydrogen-bond acceptors (Lipinski definition) is 2. The molecule has 1 aromatic heterocycles. The predicted octanol–water partition coefficient (Wildman–Crippen LogP) is -1.69. The Bertz CT molecular complexity index is 405. The molecule has 1 aromatic rings. The van der Waals surface area contributed by atoms with Gasteiger partial charge in [0, 0.05) is 51.2 Å². The highest BCUT2D eigenvalue weighted by Crippen LogP contribution is 2.06. The molecular weight excluding hydrogens is 330 g/mol. The Morgan fingerprint density at radius 3 is 2.33 bits per heavy atom. The van der Waals surface area contributed by atoms with Crippen molar-refractivity contribution in [1.82, 2.24) is 9.80 Å². The number of pyridine rings is 1. The number of carbonyl (C=O) groups is 1. The standard InChI is InChI=1S/C16H26N3O.BrH/c1-2-17-12-14-19(15-13-17)16(20)8-4-7-11-18-9-5-3-6-10-18;/h3,5-6,9-10H,2,4,7-8,11-15H2,1H3;1H/q+1;/p-1. The van der Waals surface area contributed by atoms with Crippen LogP contribution in [0.3, 0.4) is 0 Å². The van der Waals surface area contributed by atoms with Gasteiger partial charge in [-0.15, -0.1) is 0 Å². The highest BCUT2D eigenvalue weighted by Gasteiger charge is 2.19. The molecule has 1 aliphatic heterocycles. The summed E-state index contributed by atoms with van der Waals surface area (Å²) in [5, 5.41) is 0. The average molecular weight is 356 g/mol. The molecule has 0 saturated carbocycles. The third-order valence-corrected chi connectivity index (χ3v) is 4.01. The molecule has 0 radical (unpaired) electrons. The summed E-state index contributed by atoms with van der Waals surface area (Å²) >= 11 is 0. The first kappa shape index (κ1) is 18.1. The zero-order valence-corrected chi connectivity index (χ0v) is 14.5. The lowest BCUT2D eigenvalue weighted by atomic mass is 10.2. The van der Waals surface area contributed by atoms with Crippen molar-refractivity contribution in [3.63, 3.8) is 0 Å². The largest absolute Gasteiger partial charge is 1.00 e. The van der Waals surface area contributed by atoms with Gasteiger partial charge in [0.15, 0.2) is 12.4 Å². The zero-order chi connectivity index (χ0) is 14.2. The van der Waals surface area contributed by atoms with Gasteiger partial charge < -0.3 is 26.8 Å². The molecule has 0 N–H and O–H groups in total. The maximum absolute atomic E-state index is 12.1. The highest BCUT2D eigenvalue weighted by molar-refractivity contribution is 5.76. The first-order valence-corrected chi connectivity index (χ1v) is 7.74. The van der Waals surface area contributed by atoms with Crippen molar-refractivity contribution in [3.05, 3.63) is 30.6 Å². The number of halogens is 1. The topological polar surface area (TPSA) is 27.4 Å². The van der Waals surface area contributed by atoms with Crippen molar-refractivity contribution in [2.24, 2.45) is 0 Å². The van der Waals surface area contributed by atoms with Crippen LogP contribution in [0.4, 0.5) is 0 Å². The second-order valence-corrected chi connectivity index (χ2v) is 5.39. The van der Waals surface area contributed by atoms with Crippen LogP contribution in [0.2, 0.25) is 0 Å². The third kappa shape index (κ3) is 6.14. The van der Waals surface area contributed by atoms with Gasteiger partial charge in [-0.05, 0) is 13.0 Å². The van der Waals surface area contributed by atoms with E-state index in [1.54, 1.807) is 0 Å². The molecule has 21 heavy (non-hydrogen) atoms. The van der Waals surface area contributed by atoms with Crippen molar-refractivity contribution in [2.45, 2.75) is 32.7 Å². The lowest BCUT2D eigenvalue weighted by Crippen LogP contribution is -3.00. The van der Waals surface area contributed by atoms with Gasteiger partial charge in [-0.1, -0.05) is 13.0 Å². The van der Waals surface area contributed by atoms with Crippen LogP contribution in [0.15, 0.2) is 30.6 Å². The molecule has 2 heterocycles. The second kappa shape index (κ2) is 9.90. The number of unbranched alkanes of at least 4 members (excludes halogenated alkanes) is 1. The van der Waals surface area contributed by atoms with Gasteiger partial charge in [0.1, 0.15) is 6.54 Å². The summed E-state index contributed by atoms with van der Waals surface area (Å²) < 4.78 is 2.17. The molecule has 1 aliphatic rings. The van der Waals surface area contributed by atoms with Crippen LogP contribution in [0.1, 0.15) is 26.2 Å². The van der Waals surface area contributed by atoms with E-state index in [1.807, 2.05) is 23.1 Å². The van der Waals surface area contributed by atoms with E-state index in [0.29, 0.717) is 12.3 Å². The molecule has 0 unspecified atom stereocenters. The van der Waals surface area contributed by atoms with Crippen molar-refractivity contribution < 1.29 is 26.3 Å². The lowest BCUT2D eigenvalue weighted by molar-refractivity contribution is -0.697. The SMILES string of the molecule is CCN1CCN(C(=O)CCCC[n+]2ccccc2)CC1.[Br-]. The number of piperazine rings is 1. The lowest BCUT2D eigenvalue weighted by Gasteiger charge is -2.34. The van der Waals surface area contributed by atoms with E-state index in [-0.39, 0.29) is 17.0 Å². The van der Waals surface area contributed by atoms with Gasteiger partial charge in [0.2, 0.25) is 5.91 Å². The van der Waals surface area contributed by atoms with Crippen LogP contribution < -0.4 is 21.5 Å². The van der Waals surface area contributed by atoms with Crippen molar-refractivity contribution >= 4 is 5.91 Å². The third-order valence-electron chi connectivity index (χ3n) is 4.01. The Kier molecular flexibility index (Phi) is 8.54. The summed E-state index contributed by atoms with van der Waals surface area (Å²) in [6.07, 6.45) is 6.89. The Labute approximate surface area is 138 Å². The Balaban J connectivity index is 0.00000220. The first-order chi connectivity index (χ1) is 9.79. The van der Waals surface area contributed by atoms with Crippen LogP contribution in [-0.2, 0) is 11.3 Å². The monoisotopic (exact) mass is 355 g/mol. The summed E-state index contributed by atoms with van der Waals surface area (Å²) in [5.41, 5.74) is 0. The van der Waals surface area contributed by atoms with Gasteiger partial charge in [-0.2, -0.15) is 0 Å². The summed E-state index contributed by atoms with van der Waals surface area (Å²) in [4.78, 5) is 16.5. The number of aromatic nitrogens is 1. The van der Waals surface area contributed by atoms with E-state index in [2.05, 4.69) is 28.8 Å². The van der Waals surface area contributed by atoms with Gasteiger partial charge in [0.05, 0.1) is 0 Å². The molecule has 0 aromatic carbocycles. The molecule has 0 atom stereocenters. The Morgan fingerprint density at radius 1 is 1.05 bits per heavy atom. The number of hydrogen-bond donors (Lipinski definition) is 0. The molecule has 1 amide bonds. The van der Waals surface area contributed by atoms with E-state index in [1.165, 1.54) is 0 Å². The van der Waals surface area contributed by atoms with E-state index < -0.39 is 0 Å². The van der Waals surface area contributed by atoms with Gasteiger partial charge >= 0.3 is 0 Å². The van der Waals surface area contributed by atoms with Gasteiger partial charge in [-0.25, -0.2) is 4.57 Å². The molecule has 0 bridgehead atoms. The number of aryl methyl sites for hydroxylation is 1. The molecule has 5 heteroatoms. The number of amides is 1. The molecule has 1 saturated heterocycles. The number of likely N-dealkylation sites (N-methyl/N-ethyl adjacent to an activating group) is 1. The fourth-order valence-electron chi connectivity index (χ4n) is 2.63. The van der Waals surface area contributed by atoms with E-state index >= 15 is 0 Å². The van der Waals surface area contributed by atoms with Crippen LogP contribution in [0.25, 0.3) is 0 Å². The Hall–Kier alpha value is -0.940. The minimum absolute atomic E-state index is 0. The number of rotatable bonds is 6. The maximum atomic E-state index is 12.1. The van der Waals surface area contributed by atoms with Crippen molar-refractivity contribution in [2.75, 3.05) is 32.7 Å². The molecule has 118 valence electrons. The maximum Gasteiger partial charge on any atom is 0.222 e. The van der Waals surface area contributed by atoms with Crippen LogP contribution in [0, 0.1) is 0 Å². The predicted molar refractivity (Wildman–Crippen MR) is 79.2 cm³/mol. The quantitative estimate of drug-likeness (QED) is 0.450. The average Bonchev–Trinajstić information content (AvgIpc) is 2.52. The fraction of sp³-hybridized carbons (Fsp3) is 0.625. The molecule has 2 rings (SSSR count).